The van der Waals surface area contributed by atoms with E-state index in [1.165, 1.54) is 23.1 Å². The summed E-state index contributed by atoms with van der Waals surface area (Å²) in [5.41, 5.74) is 2.84. The van der Waals surface area contributed by atoms with Crippen LogP contribution in [0.4, 0.5) is 10.8 Å². The average molecular weight is 524 g/mol. The van der Waals surface area contributed by atoms with Crippen molar-refractivity contribution in [2.75, 3.05) is 17.7 Å². The van der Waals surface area contributed by atoms with Crippen molar-refractivity contribution in [2.24, 2.45) is 0 Å². The lowest BCUT2D eigenvalue weighted by Gasteiger charge is -2.12. The fourth-order valence-corrected chi connectivity index (χ4v) is 5.01. The lowest BCUT2D eigenvalue weighted by molar-refractivity contribution is -0.115. The third kappa shape index (κ3) is 6.63. The van der Waals surface area contributed by atoms with E-state index >= 15 is 0 Å². The first-order valence-corrected chi connectivity index (χ1v) is 12.8. The third-order valence-electron chi connectivity index (χ3n) is 4.98. The van der Waals surface area contributed by atoms with E-state index in [0.29, 0.717) is 21.4 Å². The maximum atomic E-state index is 12.8. The molecule has 0 spiro atoms. The molecule has 1 heterocycles. The van der Waals surface area contributed by atoms with Crippen LogP contribution in [0.25, 0.3) is 11.3 Å². The van der Waals surface area contributed by atoms with E-state index in [9.17, 15) is 9.59 Å². The molecule has 1 atom stereocenters. The van der Waals surface area contributed by atoms with E-state index in [4.69, 9.17) is 16.3 Å². The second-order valence-electron chi connectivity index (χ2n) is 7.51. The summed E-state index contributed by atoms with van der Waals surface area (Å²) in [6.07, 6.45) is 0. The number of methoxy groups -OCH3 is 1. The third-order valence-corrected chi connectivity index (χ3v) is 7.07. The molecule has 0 aliphatic heterocycles. The van der Waals surface area contributed by atoms with Crippen molar-refractivity contribution >= 4 is 57.3 Å². The number of carbonyl (C=O) groups excluding carboxylic acids is 2. The van der Waals surface area contributed by atoms with Crippen LogP contribution >= 0.6 is 34.7 Å². The molecule has 3 aromatic carbocycles. The Kier molecular flexibility index (Phi) is 8.07. The summed E-state index contributed by atoms with van der Waals surface area (Å²) in [5.74, 6) is 0.368. The second-order valence-corrected chi connectivity index (χ2v) is 10.2. The van der Waals surface area contributed by atoms with Gasteiger partial charge in [-0.3, -0.25) is 9.59 Å². The first kappa shape index (κ1) is 24.8. The lowest BCUT2D eigenvalue weighted by Crippen LogP contribution is -2.22. The Balaban J connectivity index is 1.35. The highest BCUT2D eigenvalue weighted by Crippen LogP contribution is 2.29. The van der Waals surface area contributed by atoms with Crippen molar-refractivity contribution in [2.45, 2.75) is 17.1 Å². The molecule has 4 rings (SSSR count). The van der Waals surface area contributed by atoms with Crippen molar-refractivity contribution in [1.29, 1.82) is 0 Å². The molecule has 2 amide bonds. The summed E-state index contributed by atoms with van der Waals surface area (Å²) in [6, 6.07) is 21.7. The molecular formula is C26H22ClN3O3S2. The van der Waals surface area contributed by atoms with Crippen LogP contribution in [0.1, 0.15) is 17.3 Å². The highest BCUT2D eigenvalue weighted by Gasteiger charge is 2.17. The Morgan fingerprint density at radius 3 is 2.54 bits per heavy atom. The number of halogens is 1. The van der Waals surface area contributed by atoms with Gasteiger partial charge >= 0.3 is 0 Å². The molecule has 9 heteroatoms. The fraction of sp³-hybridized carbons (Fsp3) is 0.115. The van der Waals surface area contributed by atoms with Crippen LogP contribution in [0.3, 0.4) is 0 Å². The monoisotopic (exact) mass is 523 g/mol. The first-order chi connectivity index (χ1) is 16.9. The molecule has 35 heavy (non-hydrogen) atoms. The van der Waals surface area contributed by atoms with E-state index in [0.717, 1.165) is 21.9 Å². The molecule has 0 bridgehead atoms. The number of amides is 2. The summed E-state index contributed by atoms with van der Waals surface area (Å²) < 4.78 is 5.19. The SMILES string of the molecule is COc1ccc(-c2csc(NC(=O)C(C)Sc3cccc(NC(=O)c4cccc(Cl)c4)c3)n2)cc1. The van der Waals surface area contributed by atoms with Crippen LogP contribution in [0.2, 0.25) is 5.02 Å². The van der Waals surface area contributed by atoms with Crippen LogP contribution in [0, 0.1) is 0 Å². The predicted molar refractivity (Wildman–Crippen MR) is 144 cm³/mol. The molecule has 2 N–H and O–H groups in total. The Hall–Kier alpha value is -3.33. The average Bonchev–Trinajstić information content (AvgIpc) is 3.32. The minimum Gasteiger partial charge on any atom is -0.497 e. The van der Waals surface area contributed by atoms with Gasteiger partial charge in [0.1, 0.15) is 5.75 Å². The molecule has 0 saturated carbocycles. The van der Waals surface area contributed by atoms with Gasteiger partial charge in [-0.05, 0) is 67.6 Å². The van der Waals surface area contributed by atoms with Gasteiger partial charge in [-0.1, -0.05) is 23.7 Å². The number of anilines is 2. The van der Waals surface area contributed by atoms with Crippen molar-refractivity contribution in [1.82, 2.24) is 4.98 Å². The Morgan fingerprint density at radius 2 is 1.80 bits per heavy atom. The van der Waals surface area contributed by atoms with Crippen LogP contribution in [0.15, 0.2) is 83.1 Å². The van der Waals surface area contributed by atoms with E-state index in [2.05, 4.69) is 15.6 Å². The zero-order chi connectivity index (χ0) is 24.8. The largest absolute Gasteiger partial charge is 0.497 e. The highest BCUT2D eigenvalue weighted by atomic mass is 35.5. The zero-order valence-electron chi connectivity index (χ0n) is 18.9. The van der Waals surface area contributed by atoms with Gasteiger partial charge in [0.25, 0.3) is 5.91 Å². The molecule has 1 aromatic heterocycles. The van der Waals surface area contributed by atoms with Crippen LogP contribution in [0.5, 0.6) is 5.75 Å². The number of nitrogens with one attached hydrogen (secondary N) is 2. The topological polar surface area (TPSA) is 80.3 Å². The zero-order valence-corrected chi connectivity index (χ0v) is 21.3. The number of nitrogens with zero attached hydrogens (tertiary/aromatic N) is 1. The van der Waals surface area contributed by atoms with Crippen molar-refractivity contribution < 1.29 is 14.3 Å². The second kappa shape index (κ2) is 11.4. The maximum Gasteiger partial charge on any atom is 0.255 e. The van der Waals surface area contributed by atoms with Gasteiger partial charge in [-0.15, -0.1) is 23.1 Å². The molecule has 0 aliphatic carbocycles. The van der Waals surface area contributed by atoms with Gasteiger partial charge in [0.05, 0.1) is 18.1 Å². The number of thiazole rings is 1. The first-order valence-electron chi connectivity index (χ1n) is 10.7. The highest BCUT2D eigenvalue weighted by molar-refractivity contribution is 8.00. The summed E-state index contributed by atoms with van der Waals surface area (Å²) >= 11 is 8.75. The molecule has 0 aliphatic rings. The molecule has 178 valence electrons. The van der Waals surface area contributed by atoms with E-state index < -0.39 is 0 Å². The standard InChI is InChI=1S/C26H22ClN3O3S2/c1-16(24(31)30-26-29-23(15-34-26)17-9-11-21(33-2)12-10-17)35-22-8-4-7-20(14-22)28-25(32)18-5-3-6-19(27)13-18/h3-16H,1-2H3,(H,28,32)(H,29,30,31). The van der Waals surface area contributed by atoms with Crippen molar-refractivity contribution in [3.05, 3.63) is 88.8 Å². The van der Waals surface area contributed by atoms with E-state index in [1.807, 2.05) is 54.8 Å². The maximum absolute atomic E-state index is 12.8. The Labute approximate surface area is 216 Å². The van der Waals surface area contributed by atoms with Crippen molar-refractivity contribution in [3.8, 4) is 17.0 Å². The smallest absolute Gasteiger partial charge is 0.255 e. The van der Waals surface area contributed by atoms with Crippen LogP contribution < -0.4 is 15.4 Å². The molecular weight excluding hydrogens is 502 g/mol. The van der Waals surface area contributed by atoms with Gasteiger partial charge < -0.3 is 15.4 Å². The fourth-order valence-electron chi connectivity index (χ4n) is 3.17. The van der Waals surface area contributed by atoms with E-state index in [1.54, 1.807) is 37.4 Å². The minimum atomic E-state index is -0.373. The molecule has 0 saturated heterocycles. The molecule has 6 nitrogen and oxygen atoms in total. The Bertz CT molecular complexity index is 1340. The lowest BCUT2D eigenvalue weighted by atomic mass is 10.2. The predicted octanol–water partition coefficient (Wildman–Crippen LogP) is 6.84. The number of aromatic nitrogens is 1. The summed E-state index contributed by atoms with van der Waals surface area (Å²) in [4.78, 5) is 30.6. The Morgan fingerprint density at radius 1 is 1.03 bits per heavy atom. The van der Waals surface area contributed by atoms with Crippen LogP contribution in [-0.2, 0) is 4.79 Å². The number of hydrogen-bond acceptors (Lipinski definition) is 6. The number of benzene rings is 3. The summed E-state index contributed by atoms with van der Waals surface area (Å²) in [5, 5.41) is 8.32. The van der Waals surface area contributed by atoms with Gasteiger partial charge in [-0.25, -0.2) is 4.98 Å². The molecule has 0 fully saturated rings. The number of rotatable bonds is 8. The van der Waals surface area contributed by atoms with Gasteiger partial charge in [0.2, 0.25) is 5.91 Å². The minimum absolute atomic E-state index is 0.154. The number of carbonyl (C=O) groups is 2. The number of ether oxygens (including phenoxy) is 1. The van der Waals surface area contributed by atoms with Gasteiger partial charge in [-0.2, -0.15) is 0 Å². The van der Waals surface area contributed by atoms with Gasteiger partial charge in [0, 0.05) is 32.1 Å². The summed E-state index contributed by atoms with van der Waals surface area (Å²) in [7, 11) is 1.62. The van der Waals surface area contributed by atoms with E-state index in [-0.39, 0.29) is 17.1 Å². The quantitative estimate of drug-likeness (QED) is 0.247. The van der Waals surface area contributed by atoms with Crippen LogP contribution in [-0.4, -0.2) is 29.2 Å². The van der Waals surface area contributed by atoms with Crippen molar-refractivity contribution in [3.63, 3.8) is 0 Å². The summed E-state index contributed by atoms with van der Waals surface area (Å²) in [6.45, 7) is 1.83. The molecule has 1 unspecified atom stereocenters. The normalized spacial score (nSPS) is 11.5. The van der Waals surface area contributed by atoms with Gasteiger partial charge in [0.15, 0.2) is 5.13 Å². The molecule has 0 radical (unpaired) electrons. The number of thioether (sulfide) groups is 1. The number of hydrogen-bond donors (Lipinski definition) is 2. The molecule has 4 aromatic rings.